The molecule has 1 aromatic heterocycles. The second-order valence-corrected chi connectivity index (χ2v) is 6.82. The number of aryl methyl sites for hydroxylation is 1. The maximum Gasteiger partial charge on any atom is 0.224 e. The van der Waals surface area contributed by atoms with E-state index in [1.807, 2.05) is 18.2 Å². The van der Waals surface area contributed by atoms with E-state index in [-0.39, 0.29) is 30.1 Å². The van der Waals surface area contributed by atoms with Gasteiger partial charge in [0, 0.05) is 43.5 Å². The Labute approximate surface area is 158 Å². The van der Waals surface area contributed by atoms with Gasteiger partial charge in [-0.15, -0.1) is 0 Å². The van der Waals surface area contributed by atoms with E-state index in [9.17, 15) is 14.0 Å². The van der Waals surface area contributed by atoms with Crippen molar-refractivity contribution in [3.8, 4) is 0 Å². The number of pyridine rings is 1. The number of rotatable bonds is 7. The molecule has 1 saturated heterocycles. The zero-order chi connectivity index (χ0) is 19.1. The van der Waals surface area contributed by atoms with Crippen molar-refractivity contribution in [2.24, 2.45) is 5.92 Å². The number of halogens is 1. The Morgan fingerprint density at radius 1 is 1.22 bits per heavy atom. The molecule has 2 heterocycles. The minimum absolute atomic E-state index is 0.0301. The number of carbonyl (C=O) groups is 2. The first-order valence-electron chi connectivity index (χ1n) is 9.32. The third kappa shape index (κ3) is 5.36. The van der Waals surface area contributed by atoms with Gasteiger partial charge in [-0.25, -0.2) is 4.39 Å². The molecule has 0 spiro atoms. The van der Waals surface area contributed by atoms with Crippen LogP contribution in [0.2, 0.25) is 0 Å². The lowest BCUT2D eigenvalue weighted by Gasteiger charge is -2.32. The van der Waals surface area contributed by atoms with Crippen molar-refractivity contribution in [2.75, 3.05) is 13.1 Å². The van der Waals surface area contributed by atoms with Crippen molar-refractivity contribution < 1.29 is 14.0 Å². The summed E-state index contributed by atoms with van der Waals surface area (Å²) in [6, 6.07) is 12.2. The monoisotopic (exact) mass is 369 g/mol. The molecule has 2 aromatic rings. The summed E-state index contributed by atoms with van der Waals surface area (Å²) < 4.78 is 13.9. The number of aromatic nitrogens is 1. The molecule has 2 amide bonds. The van der Waals surface area contributed by atoms with Crippen molar-refractivity contribution in [1.29, 1.82) is 0 Å². The highest BCUT2D eigenvalue weighted by Crippen LogP contribution is 2.21. The Morgan fingerprint density at radius 3 is 2.81 bits per heavy atom. The van der Waals surface area contributed by atoms with Crippen LogP contribution in [0, 0.1) is 11.7 Å². The molecular weight excluding hydrogens is 345 g/mol. The SMILES string of the molecule is O=C(NCCCc1ccccn1)[C@@H]1CCC(=O)N(Cc2ccccc2F)C1. The maximum atomic E-state index is 13.9. The van der Waals surface area contributed by atoms with E-state index in [1.54, 1.807) is 29.3 Å². The minimum Gasteiger partial charge on any atom is -0.356 e. The summed E-state index contributed by atoms with van der Waals surface area (Å²) in [5.41, 5.74) is 1.48. The maximum absolute atomic E-state index is 13.9. The van der Waals surface area contributed by atoms with Gasteiger partial charge in [0.25, 0.3) is 0 Å². The van der Waals surface area contributed by atoms with Crippen LogP contribution in [0.3, 0.4) is 0 Å². The van der Waals surface area contributed by atoms with Crippen molar-refractivity contribution in [3.05, 3.63) is 65.7 Å². The van der Waals surface area contributed by atoms with Crippen molar-refractivity contribution in [1.82, 2.24) is 15.2 Å². The van der Waals surface area contributed by atoms with Crippen LogP contribution in [-0.2, 0) is 22.6 Å². The van der Waals surface area contributed by atoms with E-state index in [4.69, 9.17) is 0 Å². The number of amides is 2. The third-order valence-electron chi connectivity index (χ3n) is 4.83. The predicted molar refractivity (Wildman–Crippen MR) is 100 cm³/mol. The lowest BCUT2D eigenvalue weighted by Crippen LogP contribution is -2.45. The molecule has 0 saturated carbocycles. The fourth-order valence-electron chi connectivity index (χ4n) is 3.29. The number of hydrogen-bond acceptors (Lipinski definition) is 3. The zero-order valence-corrected chi connectivity index (χ0v) is 15.2. The standard InChI is InChI=1S/C21H24FN3O2/c22-19-9-2-1-6-16(19)14-25-15-17(10-11-20(25)26)21(27)24-13-5-8-18-7-3-4-12-23-18/h1-4,6-7,9,12,17H,5,8,10-11,13-15H2,(H,24,27)/t17-/m1/s1. The highest BCUT2D eigenvalue weighted by molar-refractivity contribution is 5.83. The van der Waals surface area contributed by atoms with Gasteiger partial charge in [-0.1, -0.05) is 24.3 Å². The fraction of sp³-hybridized carbons (Fsp3) is 0.381. The van der Waals surface area contributed by atoms with Gasteiger partial charge in [-0.3, -0.25) is 14.6 Å². The molecule has 1 aliphatic heterocycles. The first kappa shape index (κ1) is 19.0. The number of benzene rings is 1. The van der Waals surface area contributed by atoms with Gasteiger partial charge in [0.1, 0.15) is 5.82 Å². The smallest absolute Gasteiger partial charge is 0.224 e. The predicted octanol–water partition coefficient (Wildman–Crippen LogP) is 2.71. The van der Waals surface area contributed by atoms with Gasteiger partial charge >= 0.3 is 0 Å². The van der Waals surface area contributed by atoms with Crippen LogP contribution < -0.4 is 5.32 Å². The molecule has 6 heteroatoms. The molecule has 5 nitrogen and oxygen atoms in total. The molecule has 142 valence electrons. The number of carbonyl (C=O) groups excluding carboxylic acids is 2. The van der Waals surface area contributed by atoms with Crippen molar-refractivity contribution >= 4 is 11.8 Å². The third-order valence-corrected chi connectivity index (χ3v) is 4.83. The summed E-state index contributed by atoms with van der Waals surface area (Å²) in [5.74, 6) is -0.643. The van der Waals surface area contributed by atoms with Crippen LogP contribution in [0.25, 0.3) is 0 Å². The van der Waals surface area contributed by atoms with E-state index >= 15 is 0 Å². The molecule has 0 aliphatic carbocycles. The Hall–Kier alpha value is -2.76. The van der Waals surface area contributed by atoms with Gasteiger partial charge < -0.3 is 10.2 Å². The fourth-order valence-corrected chi connectivity index (χ4v) is 3.29. The van der Waals surface area contributed by atoms with Crippen LogP contribution >= 0.6 is 0 Å². The molecule has 0 bridgehead atoms. The van der Waals surface area contributed by atoms with Gasteiger partial charge in [0.15, 0.2) is 0 Å². The molecule has 0 unspecified atom stereocenters. The topological polar surface area (TPSA) is 62.3 Å². The largest absolute Gasteiger partial charge is 0.356 e. The number of hydrogen-bond donors (Lipinski definition) is 1. The molecule has 1 aliphatic rings. The van der Waals surface area contributed by atoms with Crippen molar-refractivity contribution in [3.63, 3.8) is 0 Å². The molecule has 1 atom stereocenters. The average Bonchev–Trinajstić information content (AvgIpc) is 2.69. The summed E-state index contributed by atoms with van der Waals surface area (Å²) in [6.07, 6.45) is 4.24. The molecule has 27 heavy (non-hydrogen) atoms. The van der Waals surface area contributed by atoms with Crippen LogP contribution in [0.5, 0.6) is 0 Å². The van der Waals surface area contributed by atoms with Gasteiger partial charge in [-0.05, 0) is 37.5 Å². The summed E-state index contributed by atoms with van der Waals surface area (Å²) in [6.45, 7) is 1.11. The Morgan fingerprint density at radius 2 is 2.04 bits per heavy atom. The second kappa shape index (κ2) is 9.26. The van der Waals surface area contributed by atoms with Gasteiger partial charge in [0.05, 0.1) is 5.92 Å². The normalized spacial score (nSPS) is 17.0. The summed E-state index contributed by atoms with van der Waals surface area (Å²) in [5, 5.41) is 2.95. The summed E-state index contributed by atoms with van der Waals surface area (Å²) >= 11 is 0. The number of nitrogens with one attached hydrogen (secondary N) is 1. The minimum atomic E-state index is -0.327. The summed E-state index contributed by atoms with van der Waals surface area (Å²) in [4.78, 5) is 30.4. The van der Waals surface area contributed by atoms with E-state index in [0.717, 1.165) is 18.5 Å². The van der Waals surface area contributed by atoms with Crippen LogP contribution in [-0.4, -0.2) is 34.8 Å². The van der Waals surface area contributed by atoms with Crippen LogP contribution in [0.15, 0.2) is 48.7 Å². The van der Waals surface area contributed by atoms with E-state index < -0.39 is 0 Å². The number of nitrogens with zero attached hydrogens (tertiary/aromatic N) is 2. The average molecular weight is 369 g/mol. The van der Waals surface area contributed by atoms with Gasteiger partial charge in [0.2, 0.25) is 11.8 Å². The van der Waals surface area contributed by atoms with Crippen LogP contribution in [0.1, 0.15) is 30.5 Å². The Kier molecular flexibility index (Phi) is 6.52. The number of piperidine rings is 1. The highest BCUT2D eigenvalue weighted by atomic mass is 19.1. The summed E-state index contributed by atoms with van der Waals surface area (Å²) in [7, 11) is 0. The van der Waals surface area contributed by atoms with Crippen LogP contribution in [0.4, 0.5) is 4.39 Å². The first-order valence-corrected chi connectivity index (χ1v) is 9.32. The molecule has 1 N–H and O–H groups in total. The quantitative estimate of drug-likeness (QED) is 0.764. The lowest BCUT2D eigenvalue weighted by molar-refractivity contribution is -0.138. The zero-order valence-electron chi connectivity index (χ0n) is 15.2. The molecule has 1 fully saturated rings. The second-order valence-electron chi connectivity index (χ2n) is 6.82. The Bertz CT molecular complexity index is 782. The Balaban J connectivity index is 1.47. The van der Waals surface area contributed by atoms with Gasteiger partial charge in [-0.2, -0.15) is 0 Å². The first-order chi connectivity index (χ1) is 13.1. The van der Waals surface area contributed by atoms with E-state index in [1.165, 1.54) is 6.07 Å². The molecule has 3 rings (SSSR count). The lowest BCUT2D eigenvalue weighted by atomic mass is 9.96. The molecule has 0 radical (unpaired) electrons. The molecule has 1 aromatic carbocycles. The van der Waals surface area contributed by atoms with E-state index in [2.05, 4.69) is 10.3 Å². The molecular formula is C21H24FN3O2. The van der Waals surface area contributed by atoms with Crippen molar-refractivity contribution in [2.45, 2.75) is 32.2 Å². The van der Waals surface area contributed by atoms with E-state index in [0.29, 0.717) is 31.5 Å². The number of likely N-dealkylation sites (tertiary alicyclic amines) is 1. The highest BCUT2D eigenvalue weighted by Gasteiger charge is 2.30.